The molecule has 2 aliphatic rings. The van der Waals surface area contributed by atoms with E-state index in [0.29, 0.717) is 111 Å². The molecule has 1 aromatic heterocycles. The first-order valence-corrected chi connectivity index (χ1v) is 23.4. The van der Waals surface area contributed by atoms with Crippen LogP contribution >= 0.6 is 0 Å². The second-order valence-electron chi connectivity index (χ2n) is 16.8. The van der Waals surface area contributed by atoms with E-state index in [9.17, 15) is 28.4 Å². The molecule has 0 saturated carbocycles. The van der Waals surface area contributed by atoms with Crippen molar-refractivity contribution in [2.45, 2.75) is 65.2 Å². The van der Waals surface area contributed by atoms with Crippen LogP contribution in [0, 0.1) is 19.7 Å². The van der Waals surface area contributed by atoms with Gasteiger partial charge in [-0.15, -0.1) is 0 Å². The van der Waals surface area contributed by atoms with E-state index in [1.807, 2.05) is 43.3 Å². The number of carbonyl (C=O) groups is 5. The third kappa shape index (κ3) is 13.1. The summed E-state index contributed by atoms with van der Waals surface area (Å²) in [5, 5.41) is 8.57. The van der Waals surface area contributed by atoms with E-state index in [1.165, 1.54) is 23.1 Å². The van der Waals surface area contributed by atoms with Gasteiger partial charge >= 0.3 is 6.09 Å². The molecule has 1 atom stereocenters. The number of benzene rings is 3. The summed E-state index contributed by atoms with van der Waals surface area (Å²) >= 11 is 0. The molecule has 0 fully saturated rings. The molecule has 16 heteroatoms. The molecule has 4 amide bonds. The topological polar surface area (TPSA) is 187 Å². The number of fused-ring (bicyclic) bond motifs is 4. The molecule has 0 spiro atoms. The number of methoxy groups -OCH3 is 2. The van der Waals surface area contributed by atoms with Gasteiger partial charge in [0.15, 0.2) is 5.78 Å². The van der Waals surface area contributed by atoms with E-state index in [2.05, 4.69) is 20.9 Å². The van der Waals surface area contributed by atoms with E-state index in [-0.39, 0.29) is 62.5 Å². The molecular formula is C52H66FN5O10. The van der Waals surface area contributed by atoms with Gasteiger partial charge in [-0.1, -0.05) is 36.4 Å². The first kappa shape index (κ1) is 51.2. The van der Waals surface area contributed by atoms with Crippen molar-refractivity contribution in [3.05, 3.63) is 111 Å². The Morgan fingerprint density at radius 2 is 1.59 bits per heavy atom. The molecule has 68 heavy (non-hydrogen) atoms. The SMILES string of the molecule is CCN(CCNC(=O)c1c(C)[nH]c(/C=C2\C(=O)Nc3ccc(F)cc32)c1C)C(=O)OCC1c2cc(CCC(=O)NCCOCCCOC)ccc2-c2c(C(=O)CCCOCCCOC)cccc21.[HH]. The van der Waals surface area contributed by atoms with Gasteiger partial charge in [0.2, 0.25) is 5.91 Å². The van der Waals surface area contributed by atoms with E-state index in [4.69, 9.17) is 23.7 Å². The maximum Gasteiger partial charge on any atom is 0.409 e. The Hall–Kier alpha value is -6.20. The van der Waals surface area contributed by atoms with Gasteiger partial charge in [0.05, 0.1) is 17.7 Å². The molecule has 1 aliphatic heterocycles. The Balaban J connectivity index is 0.00000888. The van der Waals surface area contributed by atoms with Crippen molar-refractivity contribution in [2.75, 3.05) is 92.0 Å². The molecule has 2 heterocycles. The standard InChI is InChI=1S/C52H64FN5O10.H2/c1-6-58(22-20-55-51(62)48-33(2)45(56-34(48)3)31-42-41-30-36(53)16-18-44(41)57-50(42)61)52(63)68-32-43-37-11-7-12-39(46(59)13-8-25-66-26-9-23-64-4)49(37)38-17-14-35(29-40(38)43)15-19-47(60)54-21-28-67-27-10-24-65-5;/h7,11-12,14,16-18,29-31,43,56H,6,8-10,13,15,19-28,32H2,1-5H3,(H,54,60)(H,55,62)(H,57,61);1H/b42-31-;. The summed E-state index contributed by atoms with van der Waals surface area (Å²) in [6.07, 6.45) is 4.25. The molecule has 1 unspecified atom stereocenters. The van der Waals surface area contributed by atoms with Crippen molar-refractivity contribution in [3.63, 3.8) is 0 Å². The van der Waals surface area contributed by atoms with Gasteiger partial charge in [-0.2, -0.15) is 0 Å². The number of ether oxygens (including phenoxy) is 5. The predicted molar refractivity (Wildman–Crippen MR) is 259 cm³/mol. The van der Waals surface area contributed by atoms with Gasteiger partial charge in [-0.25, -0.2) is 9.18 Å². The average molecular weight is 940 g/mol. The minimum Gasteiger partial charge on any atom is -0.448 e. The Kier molecular flexibility index (Phi) is 19.0. The van der Waals surface area contributed by atoms with Crippen LogP contribution < -0.4 is 16.0 Å². The van der Waals surface area contributed by atoms with E-state index < -0.39 is 11.9 Å². The quantitative estimate of drug-likeness (QED) is 0.0263. The van der Waals surface area contributed by atoms with Crippen LogP contribution in [0.5, 0.6) is 0 Å². The number of hydrogen-bond donors (Lipinski definition) is 4. The summed E-state index contributed by atoms with van der Waals surface area (Å²) in [6, 6.07) is 15.8. The van der Waals surface area contributed by atoms with E-state index in [1.54, 1.807) is 34.1 Å². The molecule has 15 nitrogen and oxygen atoms in total. The fourth-order valence-electron chi connectivity index (χ4n) is 8.64. The summed E-state index contributed by atoms with van der Waals surface area (Å²) in [4.78, 5) is 71.3. The van der Waals surface area contributed by atoms with Crippen LogP contribution in [0.15, 0.2) is 54.6 Å². The zero-order valence-electron chi connectivity index (χ0n) is 39.8. The first-order chi connectivity index (χ1) is 32.9. The molecule has 3 aromatic carbocycles. The van der Waals surface area contributed by atoms with Crippen LogP contribution in [0.2, 0.25) is 0 Å². The number of hydrogen-bond acceptors (Lipinski definition) is 10. The second kappa shape index (κ2) is 25.2. The maximum absolute atomic E-state index is 14.1. The van der Waals surface area contributed by atoms with Crippen molar-refractivity contribution < 1.29 is 53.5 Å². The summed E-state index contributed by atoms with van der Waals surface area (Å²) in [7, 11) is 3.29. The number of halogens is 1. The van der Waals surface area contributed by atoms with Crippen LogP contribution in [0.4, 0.5) is 14.9 Å². The Labute approximate surface area is 398 Å². The summed E-state index contributed by atoms with van der Waals surface area (Å²) in [5.74, 6) is -1.67. The summed E-state index contributed by atoms with van der Waals surface area (Å²) < 4.78 is 41.5. The molecule has 6 rings (SSSR count). The van der Waals surface area contributed by atoms with Crippen LogP contribution in [0.1, 0.15) is 106 Å². The lowest BCUT2D eigenvalue weighted by molar-refractivity contribution is -0.121. The zero-order valence-corrected chi connectivity index (χ0v) is 39.8. The highest BCUT2D eigenvalue weighted by molar-refractivity contribution is 6.35. The number of aromatic nitrogens is 1. The molecule has 4 aromatic rings. The fourth-order valence-corrected chi connectivity index (χ4v) is 8.64. The Morgan fingerprint density at radius 1 is 0.838 bits per heavy atom. The number of aryl methyl sites for hydroxylation is 2. The number of carbonyl (C=O) groups excluding carboxylic acids is 5. The predicted octanol–water partition coefficient (Wildman–Crippen LogP) is 7.63. The van der Waals surface area contributed by atoms with Gasteiger partial charge in [0, 0.05) is 122 Å². The lowest BCUT2D eigenvalue weighted by Crippen LogP contribution is -2.39. The minimum atomic E-state index is -0.556. The maximum atomic E-state index is 14.1. The van der Waals surface area contributed by atoms with Crippen LogP contribution in [-0.4, -0.2) is 126 Å². The van der Waals surface area contributed by atoms with E-state index in [0.717, 1.165) is 40.7 Å². The molecule has 0 saturated heterocycles. The lowest BCUT2D eigenvalue weighted by Gasteiger charge is -2.22. The van der Waals surface area contributed by atoms with E-state index >= 15 is 0 Å². The number of anilines is 1. The summed E-state index contributed by atoms with van der Waals surface area (Å²) in [5.41, 5.74) is 8.40. The number of nitrogens with one attached hydrogen (secondary N) is 4. The highest BCUT2D eigenvalue weighted by atomic mass is 19.1. The Morgan fingerprint density at radius 3 is 2.34 bits per heavy atom. The highest BCUT2D eigenvalue weighted by Crippen LogP contribution is 2.47. The van der Waals surface area contributed by atoms with Crippen molar-refractivity contribution in [1.29, 1.82) is 0 Å². The van der Waals surface area contributed by atoms with Gasteiger partial charge in [0.25, 0.3) is 11.8 Å². The summed E-state index contributed by atoms with van der Waals surface area (Å²) in [6.45, 7) is 9.61. The van der Waals surface area contributed by atoms with Crippen LogP contribution in [0.3, 0.4) is 0 Å². The fraction of sp³-hybridized carbons (Fsp3) is 0.442. The smallest absolute Gasteiger partial charge is 0.409 e. The molecule has 366 valence electrons. The molecule has 1 aliphatic carbocycles. The monoisotopic (exact) mass is 939 g/mol. The molecule has 0 radical (unpaired) electrons. The number of Topliss-reactive ketones (excluding diaryl/α,β-unsaturated/α-hetero) is 1. The lowest BCUT2D eigenvalue weighted by atomic mass is 9.93. The van der Waals surface area contributed by atoms with Crippen molar-refractivity contribution in [2.24, 2.45) is 0 Å². The van der Waals surface area contributed by atoms with Gasteiger partial charge in [-0.05, 0) is 104 Å². The normalized spacial score (nSPS) is 14.1. The third-order valence-electron chi connectivity index (χ3n) is 12.1. The number of nitrogens with zero attached hydrogens (tertiary/aromatic N) is 1. The second-order valence-corrected chi connectivity index (χ2v) is 16.8. The average Bonchev–Trinajstić information content (AvgIpc) is 3.93. The van der Waals surface area contributed by atoms with Gasteiger partial charge in [-0.3, -0.25) is 19.2 Å². The number of rotatable bonds is 27. The van der Waals surface area contributed by atoms with Gasteiger partial charge < -0.3 is 49.5 Å². The highest BCUT2D eigenvalue weighted by Gasteiger charge is 2.34. The Bertz CT molecular complexity index is 2470. The largest absolute Gasteiger partial charge is 0.448 e. The first-order valence-electron chi connectivity index (χ1n) is 23.4. The third-order valence-corrected chi connectivity index (χ3v) is 12.1. The molecule has 4 N–H and O–H groups in total. The van der Waals surface area contributed by atoms with Crippen molar-refractivity contribution in [3.8, 4) is 11.1 Å². The molecule has 0 bridgehead atoms. The van der Waals surface area contributed by atoms with Crippen LogP contribution in [0.25, 0.3) is 22.8 Å². The number of amides is 4. The van der Waals surface area contributed by atoms with Crippen molar-refractivity contribution >= 4 is 46.9 Å². The van der Waals surface area contributed by atoms with Crippen molar-refractivity contribution in [1.82, 2.24) is 20.5 Å². The zero-order chi connectivity index (χ0) is 48.6. The number of H-pyrrole nitrogens is 1. The number of likely N-dealkylation sites (N-methyl/N-ethyl adjacent to an activating group) is 1. The van der Waals surface area contributed by atoms with Crippen LogP contribution in [-0.2, 0) is 39.7 Å². The molecular weight excluding hydrogens is 874 g/mol. The number of aromatic amines is 1. The van der Waals surface area contributed by atoms with Gasteiger partial charge in [0.1, 0.15) is 12.4 Å². The minimum absolute atomic E-state index is 0. The number of ketones is 1.